The van der Waals surface area contributed by atoms with Gasteiger partial charge in [-0.05, 0) is 30.5 Å². The molecule has 2 aromatic rings. The van der Waals surface area contributed by atoms with Crippen LogP contribution in [0.4, 0.5) is 0 Å². The SMILES string of the molecule is O=C1C[C@H](C(=O)N2C[C@@H]3C[C@H](C2)c2cccc(=O)n2C3)CN1Cc1ccco1. The number of hydrogen-bond donors (Lipinski definition) is 0. The van der Waals surface area contributed by atoms with Crippen molar-refractivity contribution >= 4 is 11.8 Å². The minimum atomic E-state index is -0.292. The first kappa shape index (κ1) is 17.3. The summed E-state index contributed by atoms with van der Waals surface area (Å²) in [6.07, 6.45) is 2.87. The molecule has 0 unspecified atom stereocenters. The largest absolute Gasteiger partial charge is 0.467 e. The second-order valence-corrected chi connectivity index (χ2v) is 8.20. The Bertz CT molecular complexity index is 964. The fraction of sp³-hybridized carbons (Fsp3) is 0.476. The molecule has 2 saturated heterocycles. The first-order valence-corrected chi connectivity index (χ1v) is 9.87. The number of amides is 2. The molecule has 3 atom stereocenters. The summed E-state index contributed by atoms with van der Waals surface area (Å²) in [6.45, 7) is 2.82. The number of aromatic nitrogens is 1. The average molecular weight is 381 g/mol. The summed E-state index contributed by atoms with van der Waals surface area (Å²) in [5, 5.41) is 0. The van der Waals surface area contributed by atoms with E-state index in [0.29, 0.717) is 38.6 Å². The molecule has 3 aliphatic heterocycles. The normalized spacial score (nSPS) is 26.4. The molecule has 2 bridgehead atoms. The van der Waals surface area contributed by atoms with E-state index in [1.807, 2.05) is 21.6 Å². The van der Waals surface area contributed by atoms with Gasteiger partial charge in [-0.2, -0.15) is 0 Å². The number of pyridine rings is 1. The highest BCUT2D eigenvalue weighted by molar-refractivity contribution is 5.89. The zero-order valence-corrected chi connectivity index (χ0v) is 15.6. The standard InChI is InChI=1S/C21H23N3O4/c25-19-5-1-4-18-15-7-14(10-24(18)19)9-23(11-15)21(27)16-8-20(26)22(12-16)13-17-3-2-6-28-17/h1-6,14-16H,7-13H2/t14-,15+,16-/m0/s1. The molecule has 0 aromatic carbocycles. The van der Waals surface area contributed by atoms with Gasteiger partial charge in [0.15, 0.2) is 0 Å². The molecule has 5 heterocycles. The van der Waals surface area contributed by atoms with Gasteiger partial charge in [0.25, 0.3) is 5.56 Å². The molecule has 7 heteroatoms. The van der Waals surface area contributed by atoms with Crippen molar-refractivity contribution in [1.29, 1.82) is 0 Å². The molecule has 28 heavy (non-hydrogen) atoms. The lowest BCUT2D eigenvalue weighted by Gasteiger charge is -2.43. The Labute approximate surface area is 162 Å². The van der Waals surface area contributed by atoms with Crippen LogP contribution < -0.4 is 5.56 Å². The van der Waals surface area contributed by atoms with Crippen LogP contribution in [0.25, 0.3) is 0 Å². The van der Waals surface area contributed by atoms with Crippen molar-refractivity contribution in [2.75, 3.05) is 19.6 Å². The number of nitrogens with zero attached hydrogens (tertiary/aromatic N) is 3. The molecule has 0 spiro atoms. The van der Waals surface area contributed by atoms with Gasteiger partial charge in [-0.15, -0.1) is 0 Å². The lowest BCUT2D eigenvalue weighted by Crippen LogP contribution is -2.50. The highest BCUT2D eigenvalue weighted by atomic mass is 16.3. The lowest BCUT2D eigenvalue weighted by molar-refractivity contribution is -0.138. The number of furan rings is 1. The number of hydrogen-bond acceptors (Lipinski definition) is 4. The van der Waals surface area contributed by atoms with Crippen molar-refractivity contribution < 1.29 is 14.0 Å². The molecule has 146 valence electrons. The zero-order chi connectivity index (χ0) is 19.3. The monoisotopic (exact) mass is 381 g/mol. The van der Waals surface area contributed by atoms with Crippen LogP contribution in [0, 0.1) is 11.8 Å². The van der Waals surface area contributed by atoms with Gasteiger partial charge in [-0.25, -0.2) is 0 Å². The molecule has 2 aromatic heterocycles. The number of rotatable bonds is 3. The molecule has 2 amide bonds. The van der Waals surface area contributed by atoms with Crippen LogP contribution in [-0.2, 0) is 22.7 Å². The van der Waals surface area contributed by atoms with E-state index in [-0.39, 0.29) is 35.6 Å². The van der Waals surface area contributed by atoms with Crippen LogP contribution in [0.1, 0.15) is 30.2 Å². The second kappa shape index (κ2) is 6.65. The molecule has 5 rings (SSSR count). The Balaban J connectivity index is 1.29. The Morgan fingerprint density at radius 2 is 1.96 bits per heavy atom. The third-order valence-electron chi connectivity index (χ3n) is 6.28. The first-order chi connectivity index (χ1) is 13.6. The molecule has 3 aliphatic rings. The van der Waals surface area contributed by atoms with Gasteiger partial charge in [0.2, 0.25) is 11.8 Å². The number of carbonyl (C=O) groups is 2. The summed E-state index contributed by atoms with van der Waals surface area (Å²) in [6, 6.07) is 9.05. The Hall–Kier alpha value is -2.83. The summed E-state index contributed by atoms with van der Waals surface area (Å²) in [4.78, 5) is 41.3. The van der Waals surface area contributed by atoms with E-state index in [1.165, 1.54) is 0 Å². The maximum Gasteiger partial charge on any atom is 0.250 e. The maximum absolute atomic E-state index is 13.2. The first-order valence-electron chi connectivity index (χ1n) is 9.87. The number of piperidine rings is 1. The van der Waals surface area contributed by atoms with Crippen molar-refractivity contribution in [1.82, 2.24) is 14.4 Å². The molecular formula is C21H23N3O4. The second-order valence-electron chi connectivity index (χ2n) is 8.20. The third kappa shape index (κ3) is 2.95. The van der Waals surface area contributed by atoms with Gasteiger partial charge in [-0.1, -0.05) is 6.07 Å². The summed E-state index contributed by atoms with van der Waals surface area (Å²) in [5.74, 6) is 1.00. The van der Waals surface area contributed by atoms with Crippen LogP contribution in [-0.4, -0.2) is 45.8 Å². The molecule has 0 N–H and O–H groups in total. The van der Waals surface area contributed by atoms with E-state index >= 15 is 0 Å². The molecule has 7 nitrogen and oxygen atoms in total. The highest BCUT2D eigenvalue weighted by Gasteiger charge is 2.41. The molecule has 0 aliphatic carbocycles. The number of likely N-dealkylation sites (tertiary alicyclic amines) is 2. The minimum Gasteiger partial charge on any atom is -0.467 e. The van der Waals surface area contributed by atoms with Gasteiger partial charge in [0.1, 0.15) is 5.76 Å². The molecule has 0 saturated carbocycles. The van der Waals surface area contributed by atoms with E-state index in [2.05, 4.69) is 0 Å². The van der Waals surface area contributed by atoms with Gasteiger partial charge < -0.3 is 18.8 Å². The Kier molecular flexibility index (Phi) is 4.10. The van der Waals surface area contributed by atoms with E-state index in [4.69, 9.17) is 4.42 Å². The molecule has 2 fully saturated rings. The highest BCUT2D eigenvalue weighted by Crippen LogP contribution is 2.36. The summed E-state index contributed by atoms with van der Waals surface area (Å²) in [7, 11) is 0. The topological polar surface area (TPSA) is 75.8 Å². The molecule has 0 radical (unpaired) electrons. The zero-order valence-electron chi connectivity index (χ0n) is 15.6. The Morgan fingerprint density at radius 3 is 2.79 bits per heavy atom. The van der Waals surface area contributed by atoms with Gasteiger partial charge in [0, 0.05) is 50.3 Å². The van der Waals surface area contributed by atoms with Crippen molar-refractivity contribution in [3.05, 3.63) is 58.4 Å². The smallest absolute Gasteiger partial charge is 0.250 e. The summed E-state index contributed by atoms with van der Waals surface area (Å²) >= 11 is 0. The van der Waals surface area contributed by atoms with E-state index in [1.54, 1.807) is 29.4 Å². The van der Waals surface area contributed by atoms with Gasteiger partial charge >= 0.3 is 0 Å². The van der Waals surface area contributed by atoms with Crippen LogP contribution in [0.3, 0.4) is 0 Å². The summed E-state index contributed by atoms with van der Waals surface area (Å²) in [5.41, 5.74) is 1.07. The summed E-state index contributed by atoms with van der Waals surface area (Å²) < 4.78 is 7.20. The van der Waals surface area contributed by atoms with Crippen molar-refractivity contribution in [2.45, 2.75) is 31.8 Å². The number of fused-ring (bicyclic) bond motifs is 4. The van der Waals surface area contributed by atoms with E-state index in [9.17, 15) is 14.4 Å². The predicted molar refractivity (Wildman–Crippen MR) is 100 cm³/mol. The van der Waals surface area contributed by atoms with Gasteiger partial charge in [0.05, 0.1) is 18.7 Å². The fourth-order valence-electron chi connectivity index (χ4n) is 5.02. The maximum atomic E-state index is 13.2. The Morgan fingerprint density at radius 1 is 1.07 bits per heavy atom. The van der Waals surface area contributed by atoms with Crippen molar-refractivity contribution in [2.24, 2.45) is 11.8 Å². The van der Waals surface area contributed by atoms with Crippen LogP contribution >= 0.6 is 0 Å². The van der Waals surface area contributed by atoms with E-state index < -0.39 is 0 Å². The van der Waals surface area contributed by atoms with E-state index in [0.717, 1.165) is 17.9 Å². The number of carbonyl (C=O) groups excluding carboxylic acids is 2. The minimum absolute atomic E-state index is 0.00357. The third-order valence-corrected chi connectivity index (χ3v) is 6.28. The molecular weight excluding hydrogens is 358 g/mol. The lowest BCUT2D eigenvalue weighted by atomic mass is 9.82. The average Bonchev–Trinajstić information content (AvgIpc) is 3.32. The van der Waals surface area contributed by atoms with Crippen molar-refractivity contribution in [3.63, 3.8) is 0 Å². The van der Waals surface area contributed by atoms with Crippen LogP contribution in [0.5, 0.6) is 0 Å². The van der Waals surface area contributed by atoms with Crippen LogP contribution in [0.2, 0.25) is 0 Å². The predicted octanol–water partition coefficient (Wildman–Crippen LogP) is 1.44. The van der Waals surface area contributed by atoms with Crippen molar-refractivity contribution in [3.8, 4) is 0 Å². The van der Waals surface area contributed by atoms with Gasteiger partial charge in [-0.3, -0.25) is 14.4 Å². The quantitative estimate of drug-likeness (QED) is 0.806. The fourth-order valence-corrected chi connectivity index (χ4v) is 5.02. The van der Waals surface area contributed by atoms with Crippen LogP contribution in [0.15, 0.2) is 45.8 Å².